The molecule has 0 aliphatic rings. The minimum Gasteiger partial charge on any atom is -0.493 e. The van der Waals surface area contributed by atoms with E-state index in [2.05, 4.69) is 31.9 Å². The second kappa shape index (κ2) is 6.81. The summed E-state index contributed by atoms with van der Waals surface area (Å²) in [7, 11) is -3.42. The maximum absolute atomic E-state index is 12.3. The number of hydrogen-bond donors (Lipinski definition) is 1. The maximum atomic E-state index is 12.3. The van der Waals surface area contributed by atoms with Gasteiger partial charge in [0.15, 0.2) is 9.84 Å². The monoisotopic (exact) mass is 433 g/mol. The van der Waals surface area contributed by atoms with E-state index < -0.39 is 9.84 Å². The van der Waals surface area contributed by atoms with Gasteiger partial charge in [-0.1, -0.05) is 15.9 Å². The Kier molecular flexibility index (Phi) is 5.29. The number of nitrogen functional groups attached to an aromatic ring is 1. The zero-order valence-electron chi connectivity index (χ0n) is 10.9. The fourth-order valence-electron chi connectivity index (χ4n) is 1.68. The SMILES string of the molecule is Nc1ccc(S(=O)(=O)CCOc2ccc(Br)cc2)c(Br)c1. The molecule has 112 valence electrons. The molecule has 21 heavy (non-hydrogen) atoms. The van der Waals surface area contributed by atoms with Crippen LogP contribution in [0.1, 0.15) is 0 Å². The zero-order valence-corrected chi connectivity index (χ0v) is 14.9. The summed E-state index contributed by atoms with van der Waals surface area (Å²) in [5.41, 5.74) is 6.11. The van der Waals surface area contributed by atoms with Crippen molar-refractivity contribution in [1.82, 2.24) is 0 Å². The molecular weight excluding hydrogens is 422 g/mol. The van der Waals surface area contributed by atoms with Crippen LogP contribution in [-0.4, -0.2) is 20.8 Å². The van der Waals surface area contributed by atoms with Gasteiger partial charge in [-0.2, -0.15) is 0 Å². The highest BCUT2D eigenvalue weighted by Gasteiger charge is 2.18. The molecule has 0 atom stereocenters. The standard InChI is InChI=1S/C14H13Br2NO3S/c15-10-1-4-12(5-2-10)20-7-8-21(18,19)14-6-3-11(17)9-13(14)16/h1-6,9H,7-8,17H2. The fraction of sp³-hybridized carbons (Fsp3) is 0.143. The van der Waals surface area contributed by atoms with Crippen molar-refractivity contribution >= 4 is 47.4 Å². The first kappa shape index (κ1) is 16.3. The molecule has 0 amide bonds. The normalized spacial score (nSPS) is 11.3. The summed E-state index contributed by atoms with van der Waals surface area (Å²) in [5, 5.41) is 0. The lowest BCUT2D eigenvalue weighted by Gasteiger charge is -2.09. The summed E-state index contributed by atoms with van der Waals surface area (Å²) in [6.45, 7) is 0.0841. The van der Waals surface area contributed by atoms with Crippen LogP contribution in [0.3, 0.4) is 0 Å². The van der Waals surface area contributed by atoms with E-state index in [-0.39, 0.29) is 17.3 Å². The highest BCUT2D eigenvalue weighted by atomic mass is 79.9. The van der Waals surface area contributed by atoms with Gasteiger partial charge in [-0.05, 0) is 58.4 Å². The lowest BCUT2D eigenvalue weighted by atomic mass is 10.3. The van der Waals surface area contributed by atoms with Gasteiger partial charge < -0.3 is 10.5 Å². The van der Waals surface area contributed by atoms with Crippen molar-refractivity contribution in [2.24, 2.45) is 0 Å². The molecule has 0 saturated heterocycles. The molecule has 0 bridgehead atoms. The van der Waals surface area contributed by atoms with Crippen LogP contribution in [-0.2, 0) is 9.84 Å². The van der Waals surface area contributed by atoms with Crippen LogP contribution in [0.25, 0.3) is 0 Å². The van der Waals surface area contributed by atoms with Crippen LogP contribution >= 0.6 is 31.9 Å². The minimum absolute atomic E-state index is 0.0841. The molecule has 0 fully saturated rings. The lowest BCUT2D eigenvalue weighted by molar-refractivity contribution is 0.341. The molecule has 2 aromatic carbocycles. The molecule has 0 saturated carbocycles. The smallest absolute Gasteiger partial charge is 0.182 e. The van der Waals surface area contributed by atoms with E-state index >= 15 is 0 Å². The van der Waals surface area contributed by atoms with Crippen molar-refractivity contribution in [3.63, 3.8) is 0 Å². The first-order valence-corrected chi connectivity index (χ1v) is 9.28. The Morgan fingerprint density at radius 3 is 2.33 bits per heavy atom. The van der Waals surface area contributed by atoms with Gasteiger partial charge in [0.1, 0.15) is 12.4 Å². The number of anilines is 1. The largest absolute Gasteiger partial charge is 0.493 e. The van der Waals surface area contributed by atoms with Gasteiger partial charge in [-0.3, -0.25) is 0 Å². The number of benzene rings is 2. The second-order valence-corrected chi connectivity index (χ2v) is 8.16. The molecule has 0 aliphatic heterocycles. The molecule has 2 N–H and O–H groups in total. The predicted molar refractivity (Wildman–Crippen MR) is 90.2 cm³/mol. The Hall–Kier alpha value is -1.05. The third kappa shape index (κ3) is 4.46. The van der Waals surface area contributed by atoms with Gasteiger partial charge in [-0.25, -0.2) is 8.42 Å². The summed E-state index contributed by atoms with van der Waals surface area (Å²) >= 11 is 6.55. The lowest BCUT2D eigenvalue weighted by Crippen LogP contribution is -2.14. The molecule has 0 heterocycles. The van der Waals surface area contributed by atoms with E-state index in [9.17, 15) is 8.42 Å². The minimum atomic E-state index is -3.42. The van der Waals surface area contributed by atoms with Crippen LogP contribution in [0.4, 0.5) is 5.69 Å². The molecule has 0 spiro atoms. The number of ether oxygens (including phenoxy) is 1. The Bertz CT molecular complexity index is 730. The van der Waals surface area contributed by atoms with Crippen molar-refractivity contribution < 1.29 is 13.2 Å². The Balaban J connectivity index is 2.03. The average molecular weight is 435 g/mol. The van der Waals surface area contributed by atoms with E-state index in [0.29, 0.717) is 15.9 Å². The van der Waals surface area contributed by atoms with Crippen molar-refractivity contribution in [1.29, 1.82) is 0 Å². The van der Waals surface area contributed by atoms with Crippen molar-refractivity contribution in [2.75, 3.05) is 18.1 Å². The fourth-order valence-corrected chi connectivity index (χ4v) is 4.23. The van der Waals surface area contributed by atoms with Crippen LogP contribution in [0.2, 0.25) is 0 Å². The summed E-state index contributed by atoms with van der Waals surface area (Å²) in [5.74, 6) is 0.524. The Morgan fingerprint density at radius 2 is 1.71 bits per heavy atom. The topological polar surface area (TPSA) is 69.4 Å². The molecule has 0 aromatic heterocycles. The molecule has 0 unspecified atom stereocenters. The Morgan fingerprint density at radius 1 is 1.05 bits per heavy atom. The predicted octanol–water partition coefficient (Wildman–Crippen LogP) is 3.65. The summed E-state index contributed by atoms with van der Waals surface area (Å²) in [6, 6.07) is 11.8. The van der Waals surface area contributed by atoms with Crippen molar-refractivity contribution in [3.8, 4) is 5.75 Å². The molecule has 0 radical (unpaired) electrons. The highest BCUT2D eigenvalue weighted by Crippen LogP contribution is 2.25. The highest BCUT2D eigenvalue weighted by molar-refractivity contribution is 9.10. The molecule has 0 aliphatic carbocycles. The van der Waals surface area contributed by atoms with E-state index in [0.717, 1.165) is 4.47 Å². The number of nitrogens with two attached hydrogens (primary N) is 1. The Labute approximate surface area is 140 Å². The molecule has 4 nitrogen and oxygen atoms in total. The van der Waals surface area contributed by atoms with Gasteiger partial charge >= 0.3 is 0 Å². The van der Waals surface area contributed by atoms with Crippen LogP contribution in [0, 0.1) is 0 Å². The third-order valence-electron chi connectivity index (χ3n) is 2.73. The number of rotatable bonds is 5. The summed E-state index contributed by atoms with van der Waals surface area (Å²) in [6.07, 6.45) is 0. The van der Waals surface area contributed by atoms with Gasteiger partial charge in [-0.15, -0.1) is 0 Å². The van der Waals surface area contributed by atoms with Crippen LogP contribution < -0.4 is 10.5 Å². The molecule has 2 aromatic rings. The maximum Gasteiger partial charge on any atom is 0.182 e. The van der Waals surface area contributed by atoms with E-state index in [4.69, 9.17) is 10.5 Å². The molecule has 2 rings (SSSR count). The molecular formula is C14H13Br2NO3S. The number of sulfone groups is 1. The van der Waals surface area contributed by atoms with Gasteiger partial charge in [0.2, 0.25) is 0 Å². The summed E-state index contributed by atoms with van der Waals surface area (Å²) in [4.78, 5) is 0.219. The number of hydrogen-bond acceptors (Lipinski definition) is 4. The van der Waals surface area contributed by atoms with Crippen LogP contribution in [0.15, 0.2) is 56.3 Å². The van der Waals surface area contributed by atoms with Crippen LogP contribution in [0.5, 0.6) is 5.75 Å². The zero-order chi connectivity index (χ0) is 15.5. The average Bonchev–Trinajstić information content (AvgIpc) is 2.40. The third-order valence-corrected chi connectivity index (χ3v) is 5.90. The van der Waals surface area contributed by atoms with Gasteiger partial charge in [0.25, 0.3) is 0 Å². The first-order valence-electron chi connectivity index (χ1n) is 6.04. The quantitative estimate of drug-likeness (QED) is 0.729. The van der Waals surface area contributed by atoms with Gasteiger partial charge in [0, 0.05) is 14.6 Å². The van der Waals surface area contributed by atoms with Crippen molar-refractivity contribution in [2.45, 2.75) is 4.90 Å². The first-order chi connectivity index (χ1) is 9.88. The van der Waals surface area contributed by atoms with Gasteiger partial charge in [0.05, 0.1) is 10.6 Å². The summed E-state index contributed by atoms with van der Waals surface area (Å²) < 4.78 is 31.3. The molecule has 7 heteroatoms. The number of halogens is 2. The second-order valence-electron chi connectivity index (χ2n) is 4.31. The van der Waals surface area contributed by atoms with E-state index in [1.807, 2.05) is 12.1 Å². The van der Waals surface area contributed by atoms with Crippen molar-refractivity contribution in [3.05, 3.63) is 51.4 Å². The van der Waals surface area contributed by atoms with E-state index in [1.165, 1.54) is 6.07 Å². The van der Waals surface area contributed by atoms with E-state index in [1.54, 1.807) is 24.3 Å².